The number of aromatic hydroxyl groups is 1. The molecular formula is C26H32N2O. The lowest BCUT2D eigenvalue weighted by Crippen LogP contribution is -2.59. The van der Waals surface area contributed by atoms with Gasteiger partial charge in [0.1, 0.15) is 5.75 Å². The number of piperidine rings is 1. The number of fused-ring (bicyclic) bond motifs is 2. The van der Waals surface area contributed by atoms with E-state index in [1.807, 2.05) is 0 Å². The van der Waals surface area contributed by atoms with Gasteiger partial charge in [-0.05, 0) is 110 Å². The van der Waals surface area contributed by atoms with Crippen LogP contribution in [0.1, 0.15) is 67.2 Å². The van der Waals surface area contributed by atoms with Crippen LogP contribution in [0.4, 0.5) is 11.4 Å². The lowest BCUT2D eigenvalue weighted by Gasteiger charge is -2.56. The first kappa shape index (κ1) is 17.8. The zero-order valence-electron chi connectivity index (χ0n) is 17.3. The van der Waals surface area contributed by atoms with Crippen LogP contribution in [0.15, 0.2) is 30.3 Å². The molecule has 3 heteroatoms. The van der Waals surface area contributed by atoms with Crippen LogP contribution in [0, 0.1) is 5.92 Å². The highest BCUT2D eigenvalue weighted by Gasteiger charge is 2.51. The predicted octanol–water partition coefficient (Wildman–Crippen LogP) is 5.36. The average molecular weight is 389 g/mol. The molecular weight excluding hydrogens is 356 g/mol. The van der Waals surface area contributed by atoms with Crippen molar-refractivity contribution in [1.82, 2.24) is 5.32 Å². The van der Waals surface area contributed by atoms with Crippen molar-refractivity contribution in [2.75, 3.05) is 11.9 Å². The summed E-state index contributed by atoms with van der Waals surface area (Å²) in [5, 5.41) is 18.3. The van der Waals surface area contributed by atoms with Crippen LogP contribution in [0.25, 0.3) is 0 Å². The number of rotatable bonds is 2. The van der Waals surface area contributed by atoms with Crippen molar-refractivity contribution in [3.05, 3.63) is 52.6 Å². The first-order valence-corrected chi connectivity index (χ1v) is 11.7. The molecule has 1 aliphatic heterocycles. The Kier molecular flexibility index (Phi) is 4.16. The van der Waals surface area contributed by atoms with Gasteiger partial charge in [-0.3, -0.25) is 0 Å². The van der Waals surface area contributed by atoms with E-state index in [-0.39, 0.29) is 0 Å². The van der Waals surface area contributed by atoms with Gasteiger partial charge in [0.15, 0.2) is 0 Å². The fourth-order valence-electron chi connectivity index (χ4n) is 7.04. The minimum Gasteiger partial charge on any atom is -0.506 e. The molecule has 0 radical (unpaired) electrons. The molecule has 3 nitrogen and oxygen atoms in total. The van der Waals surface area contributed by atoms with Crippen LogP contribution in [0.2, 0.25) is 0 Å². The van der Waals surface area contributed by atoms with Gasteiger partial charge < -0.3 is 15.7 Å². The molecule has 29 heavy (non-hydrogen) atoms. The second kappa shape index (κ2) is 6.77. The van der Waals surface area contributed by atoms with Crippen molar-refractivity contribution in [2.24, 2.45) is 5.92 Å². The fraction of sp³-hybridized carbons (Fsp3) is 0.538. The Hall–Kier alpha value is -2.00. The number of phenols is 1. The molecule has 1 saturated carbocycles. The summed E-state index contributed by atoms with van der Waals surface area (Å²) in [5.41, 5.74) is 8.13. The van der Waals surface area contributed by atoms with E-state index in [4.69, 9.17) is 0 Å². The highest BCUT2D eigenvalue weighted by atomic mass is 16.3. The second-order valence-electron chi connectivity index (χ2n) is 9.87. The lowest BCUT2D eigenvalue weighted by molar-refractivity contribution is 0.0796. The molecule has 152 valence electrons. The van der Waals surface area contributed by atoms with Gasteiger partial charge in [-0.2, -0.15) is 0 Å². The summed E-state index contributed by atoms with van der Waals surface area (Å²) in [6.45, 7) is 1.12. The van der Waals surface area contributed by atoms with E-state index in [2.05, 4.69) is 41.0 Å². The molecule has 6 rings (SSSR count). The van der Waals surface area contributed by atoms with Gasteiger partial charge in [0, 0.05) is 17.1 Å². The van der Waals surface area contributed by atoms with Gasteiger partial charge in [-0.15, -0.1) is 0 Å². The van der Waals surface area contributed by atoms with Crippen molar-refractivity contribution in [1.29, 1.82) is 0 Å². The number of hydrogen-bond donors (Lipinski definition) is 3. The number of anilines is 2. The molecule has 4 aliphatic rings. The third-order valence-corrected chi connectivity index (χ3v) is 8.39. The van der Waals surface area contributed by atoms with E-state index >= 15 is 0 Å². The van der Waals surface area contributed by atoms with Crippen LogP contribution < -0.4 is 10.6 Å². The SMILES string of the molecule is Oc1cc2c(cc1Nc1ccc3c(c1)CCCC3)C[C@@H]1NCC[C@]23CCCC[C@H]13. The summed E-state index contributed by atoms with van der Waals surface area (Å²) < 4.78 is 0. The Morgan fingerprint density at radius 2 is 1.83 bits per heavy atom. The third kappa shape index (κ3) is 2.81. The van der Waals surface area contributed by atoms with Crippen molar-refractivity contribution in [3.8, 4) is 5.75 Å². The monoisotopic (exact) mass is 388 g/mol. The van der Waals surface area contributed by atoms with E-state index in [1.165, 1.54) is 80.0 Å². The average Bonchev–Trinajstić information content (AvgIpc) is 2.75. The quantitative estimate of drug-likeness (QED) is 0.607. The molecule has 0 aromatic heterocycles. The first-order chi connectivity index (χ1) is 14.2. The molecule has 3 atom stereocenters. The van der Waals surface area contributed by atoms with Crippen LogP contribution in [0.5, 0.6) is 5.75 Å². The van der Waals surface area contributed by atoms with Gasteiger partial charge >= 0.3 is 0 Å². The maximum atomic E-state index is 11.0. The van der Waals surface area contributed by atoms with Crippen LogP contribution in [-0.4, -0.2) is 17.7 Å². The number of phenolic OH excluding ortho intramolecular Hbond substituents is 1. The minimum atomic E-state index is 0.295. The van der Waals surface area contributed by atoms with Crippen molar-refractivity contribution in [3.63, 3.8) is 0 Å². The van der Waals surface area contributed by atoms with Gasteiger partial charge in [0.25, 0.3) is 0 Å². The van der Waals surface area contributed by atoms with E-state index in [0.717, 1.165) is 30.3 Å². The number of benzene rings is 2. The van der Waals surface area contributed by atoms with Crippen LogP contribution in [-0.2, 0) is 24.7 Å². The van der Waals surface area contributed by atoms with Gasteiger partial charge in [-0.25, -0.2) is 0 Å². The third-order valence-electron chi connectivity index (χ3n) is 8.39. The molecule has 2 aromatic rings. The van der Waals surface area contributed by atoms with Crippen molar-refractivity contribution >= 4 is 11.4 Å². The summed E-state index contributed by atoms with van der Waals surface area (Å²) in [6, 6.07) is 11.7. The molecule has 0 spiro atoms. The Morgan fingerprint density at radius 3 is 2.76 bits per heavy atom. The first-order valence-electron chi connectivity index (χ1n) is 11.7. The largest absolute Gasteiger partial charge is 0.506 e. The summed E-state index contributed by atoms with van der Waals surface area (Å²) in [4.78, 5) is 0. The number of nitrogens with one attached hydrogen (secondary N) is 2. The Bertz CT molecular complexity index is 948. The smallest absolute Gasteiger partial charge is 0.139 e. The molecule has 2 fully saturated rings. The van der Waals surface area contributed by atoms with Crippen molar-refractivity contribution < 1.29 is 5.11 Å². The Morgan fingerprint density at radius 1 is 0.931 bits per heavy atom. The molecule has 1 heterocycles. The maximum Gasteiger partial charge on any atom is 0.139 e. The standard InChI is InChI=1S/C26H32N2O/c29-25-16-22-19(14-23-21-7-3-4-10-26(21,22)11-12-27-23)15-24(25)28-20-9-8-17-5-1-2-6-18(17)13-20/h8-9,13,15-16,21,23,27-29H,1-7,10-12,14H2/t21-,23+,26+/m1/s1. The van der Waals surface area contributed by atoms with Crippen LogP contribution >= 0.6 is 0 Å². The van der Waals surface area contributed by atoms with Crippen molar-refractivity contribution in [2.45, 2.75) is 75.7 Å². The molecule has 0 unspecified atom stereocenters. The number of hydrogen-bond acceptors (Lipinski definition) is 3. The predicted molar refractivity (Wildman–Crippen MR) is 118 cm³/mol. The van der Waals surface area contributed by atoms with E-state index in [0.29, 0.717) is 17.2 Å². The maximum absolute atomic E-state index is 11.0. The zero-order valence-corrected chi connectivity index (χ0v) is 17.3. The lowest BCUT2D eigenvalue weighted by atomic mass is 9.53. The zero-order chi connectivity index (χ0) is 19.4. The topological polar surface area (TPSA) is 44.3 Å². The van der Waals surface area contributed by atoms with Crippen LogP contribution in [0.3, 0.4) is 0 Å². The normalized spacial score (nSPS) is 30.1. The van der Waals surface area contributed by atoms with Gasteiger partial charge in [-0.1, -0.05) is 18.9 Å². The molecule has 1 saturated heterocycles. The second-order valence-corrected chi connectivity index (χ2v) is 9.87. The fourth-order valence-corrected chi connectivity index (χ4v) is 7.04. The highest BCUT2D eigenvalue weighted by molar-refractivity contribution is 5.69. The van der Waals surface area contributed by atoms with Gasteiger partial charge in [0.05, 0.1) is 5.69 Å². The van der Waals surface area contributed by atoms with E-state index in [1.54, 1.807) is 0 Å². The molecule has 2 bridgehead atoms. The molecule has 3 N–H and O–H groups in total. The summed E-state index contributed by atoms with van der Waals surface area (Å²) in [5.74, 6) is 1.16. The Balaban J connectivity index is 1.36. The molecule has 2 aromatic carbocycles. The molecule has 3 aliphatic carbocycles. The van der Waals surface area contributed by atoms with E-state index in [9.17, 15) is 5.11 Å². The highest BCUT2D eigenvalue weighted by Crippen LogP contribution is 2.55. The minimum absolute atomic E-state index is 0.295. The summed E-state index contributed by atoms with van der Waals surface area (Å²) in [7, 11) is 0. The summed E-state index contributed by atoms with van der Waals surface area (Å²) >= 11 is 0. The summed E-state index contributed by atoms with van der Waals surface area (Å²) in [6.07, 6.45) is 12.6. The molecule has 0 amide bonds. The van der Waals surface area contributed by atoms with Gasteiger partial charge in [0.2, 0.25) is 0 Å². The van der Waals surface area contributed by atoms with E-state index < -0.39 is 0 Å². The number of aryl methyl sites for hydroxylation is 2. The Labute approximate surface area is 173 Å².